The van der Waals surface area contributed by atoms with Crippen molar-refractivity contribution in [2.45, 2.75) is 38.6 Å². The molecule has 0 aliphatic carbocycles. The van der Waals surface area contributed by atoms with E-state index in [0.29, 0.717) is 24.4 Å². The van der Waals surface area contributed by atoms with Crippen LogP contribution in [-0.2, 0) is 23.0 Å². The first-order chi connectivity index (χ1) is 13.8. The van der Waals surface area contributed by atoms with Gasteiger partial charge in [0.05, 0.1) is 24.2 Å². The van der Waals surface area contributed by atoms with E-state index in [-0.39, 0.29) is 0 Å². The molecule has 29 heavy (non-hydrogen) atoms. The Labute approximate surface area is 176 Å². The van der Waals surface area contributed by atoms with Crippen LogP contribution in [0.3, 0.4) is 0 Å². The highest BCUT2D eigenvalue weighted by Crippen LogP contribution is 2.35. The Hall–Kier alpha value is -2.22. The van der Waals surface area contributed by atoms with Gasteiger partial charge in [-0.3, -0.25) is 0 Å². The van der Waals surface area contributed by atoms with E-state index in [9.17, 15) is 8.42 Å². The van der Waals surface area contributed by atoms with Crippen molar-refractivity contribution in [2.75, 3.05) is 13.7 Å². The predicted octanol–water partition coefficient (Wildman–Crippen LogP) is 4.49. The predicted molar refractivity (Wildman–Crippen MR) is 116 cm³/mol. The Morgan fingerprint density at radius 3 is 2.52 bits per heavy atom. The van der Waals surface area contributed by atoms with Crippen LogP contribution in [0.25, 0.3) is 10.6 Å². The van der Waals surface area contributed by atoms with Crippen molar-refractivity contribution in [1.82, 2.24) is 9.29 Å². The largest absolute Gasteiger partial charge is 0.497 e. The lowest BCUT2D eigenvalue weighted by Gasteiger charge is -2.27. The molecule has 0 atom stereocenters. The van der Waals surface area contributed by atoms with Crippen molar-refractivity contribution < 1.29 is 13.2 Å². The van der Waals surface area contributed by atoms with Gasteiger partial charge in [-0.1, -0.05) is 29.8 Å². The summed E-state index contributed by atoms with van der Waals surface area (Å²) in [5, 5.41) is 0.899. The van der Waals surface area contributed by atoms with Crippen LogP contribution >= 0.6 is 11.3 Å². The molecule has 1 aliphatic heterocycles. The van der Waals surface area contributed by atoms with E-state index < -0.39 is 10.0 Å². The van der Waals surface area contributed by atoms with Gasteiger partial charge in [-0.05, 0) is 44.0 Å². The number of methoxy groups -OCH3 is 1. The van der Waals surface area contributed by atoms with Crippen LogP contribution in [0.2, 0.25) is 0 Å². The third-order valence-corrected chi connectivity index (χ3v) is 8.50. The topological polar surface area (TPSA) is 59.5 Å². The molecule has 5 nitrogen and oxygen atoms in total. The summed E-state index contributed by atoms with van der Waals surface area (Å²) in [5.74, 6) is 0.783. The maximum Gasteiger partial charge on any atom is 0.243 e. The van der Waals surface area contributed by atoms with Gasteiger partial charge >= 0.3 is 0 Å². The molecular formula is C22H24N2O3S2. The molecule has 7 heteroatoms. The van der Waals surface area contributed by atoms with Gasteiger partial charge in [-0.2, -0.15) is 4.31 Å². The smallest absolute Gasteiger partial charge is 0.243 e. The minimum Gasteiger partial charge on any atom is -0.497 e. The molecule has 2 heterocycles. The fourth-order valence-corrected chi connectivity index (χ4v) is 6.98. The molecule has 0 unspecified atom stereocenters. The monoisotopic (exact) mass is 428 g/mol. The number of nitrogens with zero attached hydrogens (tertiary/aromatic N) is 2. The second-order valence-corrected chi connectivity index (χ2v) is 10.4. The van der Waals surface area contributed by atoms with Crippen molar-refractivity contribution in [3.8, 4) is 16.3 Å². The Kier molecular flexibility index (Phi) is 5.23. The zero-order valence-corrected chi connectivity index (χ0v) is 18.7. The number of ether oxygens (including phenoxy) is 1. The summed E-state index contributed by atoms with van der Waals surface area (Å²) in [6.45, 7) is 6.54. The average molecular weight is 429 g/mol. The molecule has 2 aromatic carbocycles. The van der Waals surface area contributed by atoms with Gasteiger partial charge in [-0.15, -0.1) is 11.3 Å². The quantitative estimate of drug-likeness (QED) is 0.614. The molecule has 0 saturated carbocycles. The Balaban J connectivity index is 1.66. The van der Waals surface area contributed by atoms with E-state index in [1.807, 2.05) is 57.2 Å². The highest BCUT2D eigenvalue weighted by Gasteiger charge is 2.32. The third-order valence-electron chi connectivity index (χ3n) is 5.22. The van der Waals surface area contributed by atoms with Crippen LogP contribution in [0.4, 0.5) is 0 Å². The number of hydrogen-bond acceptors (Lipinski definition) is 5. The van der Waals surface area contributed by atoms with E-state index in [0.717, 1.165) is 43.6 Å². The van der Waals surface area contributed by atoms with Crippen LogP contribution in [0.5, 0.6) is 5.75 Å². The van der Waals surface area contributed by atoms with Gasteiger partial charge in [0.2, 0.25) is 10.0 Å². The minimum atomic E-state index is -3.56. The zero-order chi connectivity index (χ0) is 20.8. The normalized spacial score (nSPS) is 14.6. The molecule has 0 fully saturated rings. The maximum atomic E-state index is 13.4. The molecule has 0 spiro atoms. The molecule has 152 valence electrons. The van der Waals surface area contributed by atoms with E-state index in [1.54, 1.807) is 22.8 Å². The van der Waals surface area contributed by atoms with Gasteiger partial charge in [0.25, 0.3) is 0 Å². The first kappa shape index (κ1) is 20.1. The minimum absolute atomic E-state index is 0.367. The third kappa shape index (κ3) is 3.70. The highest BCUT2D eigenvalue weighted by molar-refractivity contribution is 7.89. The first-order valence-electron chi connectivity index (χ1n) is 9.50. The molecule has 3 aromatic rings. The molecule has 1 aromatic heterocycles. The van der Waals surface area contributed by atoms with Gasteiger partial charge in [0.15, 0.2) is 0 Å². The summed E-state index contributed by atoms with van der Waals surface area (Å²) in [6, 6.07) is 11.7. The molecule has 1 aliphatic rings. The first-order valence-corrected chi connectivity index (χ1v) is 11.8. The molecule has 0 amide bonds. The number of aromatic nitrogens is 1. The molecular weight excluding hydrogens is 404 g/mol. The van der Waals surface area contributed by atoms with Gasteiger partial charge < -0.3 is 4.74 Å². The van der Waals surface area contributed by atoms with Crippen LogP contribution < -0.4 is 4.74 Å². The summed E-state index contributed by atoms with van der Waals surface area (Å²) in [6.07, 6.45) is 0.624. The number of benzene rings is 2. The Morgan fingerprint density at radius 2 is 1.83 bits per heavy atom. The second kappa shape index (κ2) is 7.55. The fraction of sp³-hybridized carbons (Fsp3) is 0.318. The van der Waals surface area contributed by atoms with Crippen LogP contribution in [0.1, 0.15) is 27.3 Å². The zero-order valence-electron chi connectivity index (χ0n) is 17.0. The Bertz CT molecular complexity index is 1160. The molecule has 0 bridgehead atoms. The molecule has 0 N–H and O–H groups in total. The lowest BCUT2D eigenvalue weighted by Crippen LogP contribution is -2.36. The lowest BCUT2D eigenvalue weighted by atomic mass is 10.1. The maximum absolute atomic E-state index is 13.4. The van der Waals surface area contributed by atoms with E-state index >= 15 is 0 Å². The van der Waals surface area contributed by atoms with Crippen LogP contribution in [-0.4, -0.2) is 31.4 Å². The molecule has 0 radical (unpaired) electrons. The number of fused-ring (bicyclic) bond motifs is 1. The van der Waals surface area contributed by atoms with Crippen molar-refractivity contribution in [2.24, 2.45) is 0 Å². The molecule has 4 rings (SSSR count). The van der Waals surface area contributed by atoms with Crippen molar-refractivity contribution in [3.63, 3.8) is 0 Å². The summed E-state index contributed by atoms with van der Waals surface area (Å²) < 4.78 is 33.7. The number of sulfonamides is 1. The summed E-state index contributed by atoms with van der Waals surface area (Å²) in [4.78, 5) is 6.22. The van der Waals surface area contributed by atoms with E-state index in [1.165, 1.54) is 0 Å². The van der Waals surface area contributed by atoms with Crippen LogP contribution in [0.15, 0.2) is 41.3 Å². The van der Waals surface area contributed by atoms with Crippen molar-refractivity contribution in [1.29, 1.82) is 0 Å². The second-order valence-electron chi connectivity index (χ2n) is 7.44. The molecule has 0 saturated heterocycles. The number of aryl methyl sites for hydroxylation is 3. The van der Waals surface area contributed by atoms with Crippen LogP contribution in [0, 0.1) is 20.8 Å². The van der Waals surface area contributed by atoms with E-state index in [2.05, 4.69) is 0 Å². The lowest BCUT2D eigenvalue weighted by molar-refractivity contribution is 0.392. The fourth-order valence-electron chi connectivity index (χ4n) is 3.96. The standard InChI is InChI=1S/C22H24N2O3S2/c1-14-10-15(2)21(16(3)11-14)29(25,26)24-9-8-19-20(13-24)28-22(23-19)17-6-5-7-18(12-17)27-4/h5-7,10-12H,8-9,13H2,1-4H3. The number of rotatable bonds is 4. The van der Waals surface area contributed by atoms with Gasteiger partial charge in [0.1, 0.15) is 10.8 Å². The Morgan fingerprint density at radius 1 is 1.10 bits per heavy atom. The highest BCUT2D eigenvalue weighted by atomic mass is 32.2. The number of hydrogen-bond donors (Lipinski definition) is 0. The average Bonchev–Trinajstić information content (AvgIpc) is 3.10. The van der Waals surface area contributed by atoms with E-state index in [4.69, 9.17) is 9.72 Å². The summed E-state index contributed by atoms with van der Waals surface area (Å²) in [7, 11) is -1.91. The SMILES string of the molecule is COc1cccc(-c2nc3c(s2)CN(S(=O)(=O)c2c(C)cc(C)cc2C)CC3)c1. The van der Waals surface area contributed by atoms with Gasteiger partial charge in [0, 0.05) is 23.4 Å². The van der Waals surface area contributed by atoms with Crippen molar-refractivity contribution in [3.05, 3.63) is 63.7 Å². The summed E-state index contributed by atoms with van der Waals surface area (Å²) >= 11 is 1.56. The van der Waals surface area contributed by atoms with Gasteiger partial charge in [-0.25, -0.2) is 13.4 Å². The number of thiazole rings is 1. The van der Waals surface area contributed by atoms with Crippen molar-refractivity contribution >= 4 is 21.4 Å². The summed E-state index contributed by atoms with van der Waals surface area (Å²) in [5.41, 5.74) is 4.66.